The first kappa shape index (κ1) is 13.5. The summed E-state index contributed by atoms with van der Waals surface area (Å²) in [5, 5.41) is 9.96. The third-order valence-corrected chi connectivity index (χ3v) is 3.33. The number of hydrogen-bond donors (Lipinski definition) is 2. The number of aliphatic hydroxyl groups is 1. The van der Waals surface area contributed by atoms with Crippen molar-refractivity contribution in [3.8, 4) is 0 Å². The van der Waals surface area contributed by atoms with Crippen LogP contribution in [0.1, 0.15) is 30.4 Å². The van der Waals surface area contributed by atoms with Gasteiger partial charge in [-0.05, 0) is 38.1 Å². The summed E-state index contributed by atoms with van der Waals surface area (Å²) in [5.74, 6) is 1.33. The minimum absolute atomic E-state index is 0.532. The maximum Gasteiger partial charge on any atom is 0.138 e. The van der Waals surface area contributed by atoms with E-state index in [1.165, 1.54) is 0 Å². The zero-order chi connectivity index (χ0) is 15.0. The highest BCUT2D eigenvalue weighted by Gasteiger charge is 2.15. The van der Waals surface area contributed by atoms with Gasteiger partial charge in [-0.1, -0.05) is 0 Å². The number of nitrogens with two attached hydrogens (primary N) is 1. The van der Waals surface area contributed by atoms with Gasteiger partial charge in [0.05, 0.1) is 23.3 Å². The van der Waals surface area contributed by atoms with Crippen LogP contribution in [0.5, 0.6) is 0 Å². The molecule has 3 N–H and O–H groups in total. The van der Waals surface area contributed by atoms with E-state index in [0.29, 0.717) is 18.1 Å². The Kier molecular flexibility index (Phi) is 3.31. The number of nitrogen functional groups attached to an aromatic ring is 1. The Bertz CT molecular complexity index is 794. The lowest BCUT2D eigenvalue weighted by Gasteiger charge is -2.10. The predicted molar refractivity (Wildman–Crippen MR) is 80.7 cm³/mol. The van der Waals surface area contributed by atoms with Crippen LogP contribution in [0.15, 0.2) is 30.5 Å². The SMILES string of the molecule is Cc1nccc(Cn2c(C(C)O)nc3cc(N)ccc32)n1. The molecule has 6 nitrogen and oxygen atoms in total. The lowest BCUT2D eigenvalue weighted by Crippen LogP contribution is -2.09. The molecule has 2 aromatic heterocycles. The molecule has 1 atom stereocenters. The van der Waals surface area contributed by atoms with Crippen LogP contribution in [0.2, 0.25) is 0 Å². The number of fused-ring (bicyclic) bond motifs is 1. The normalized spacial score (nSPS) is 12.7. The molecule has 1 aromatic carbocycles. The van der Waals surface area contributed by atoms with Gasteiger partial charge in [-0.2, -0.15) is 0 Å². The van der Waals surface area contributed by atoms with E-state index in [1.807, 2.05) is 35.8 Å². The molecule has 2 heterocycles. The van der Waals surface area contributed by atoms with Crippen molar-refractivity contribution in [2.24, 2.45) is 0 Å². The number of aromatic nitrogens is 4. The van der Waals surface area contributed by atoms with Crippen LogP contribution in [-0.4, -0.2) is 24.6 Å². The van der Waals surface area contributed by atoms with Gasteiger partial charge in [-0.3, -0.25) is 0 Å². The van der Waals surface area contributed by atoms with E-state index in [9.17, 15) is 5.11 Å². The number of hydrogen-bond acceptors (Lipinski definition) is 5. The van der Waals surface area contributed by atoms with Crippen molar-refractivity contribution in [1.29, 1.82) is 0 Å². The number of anilines is 1. The molecule has 3 rings (SSSR count). The van der Waals surface area contributed by atoms with Crippen LogP contribution < -0.4 is 5.73 Å². The number of rotatable bonds is 3. The summed E-state index contributed by atoms with van der Waals surface area (Å²) in [6.45, 7) is 4.09. The highest BCUT2D eigenvalue weighted by Crippen LogP contribution is 2.23. The number of aliphatic hydroxyl groups excluding tert-OH is 1. The van der Waals surface area contributed by atoms with Crippen molar-refractivity contribution in [3.05, 3.63) is 47.8 Å². The largest absolute Gasteiger partial charge is 0.399 e. The van der Waals surface area contributed by atoms with Crippen LogP contribution in [0.3, 0.4) is 0 Å². The monoisotopic (exact) mass is 283 g/mol. The van der Waals surface area contributed by atoms with Crippen molar-refractivity contribution >= 4 is 16.7 Å². The molecule has 1 unspecified atom stereocenters. The number of imidazole rings is 1. The van der Waals surface area contributed by atoms with E-state index in [0.717, 1.165) is 22.6 Å². The van der Waals surface area contributed by atoms with Crippen LogP contribution >= 0.6 is 0 Å². The minimum atomic E-state index is -0.665. The molecule has 0 fully saturated rings. The first-order valence-corrected chi connectivity index (χ1v) is 6.77. The number of aryl methyl sites for hydroxylation is 1. The molecule has 0 spiro atoms. The summed E-state index contributed by atoms with van der Waals surface area (Å²) in [6.07, 6.45) is 1.07. The molecule has 0 aliphatic carbocycles. The van der Waals surface area contributed by atoms with E-state index in [4.69, 9.17) is 5.73 Å². The van der Waals surface area contributed by atoms with E-state index >= 15 is 0 Å². The summed E-state index contributed by atoms with van der Waals surface area (Å²) in [6, 6.07) is 7.42. The maximum absolute atomic E-state index is 9.96. The van der Waals surface area contributed by atoms with E-state index in [2.05, 4.69) is 15.0 Å². The quantitative estimate of drug-likeness (QED) is 0.716. The number of benzene rings is 1. The molecule has 0 aliphatic rings. The second-order valence-corrected chi connectivity index (χ2v) is 5.08. The Morgan fingerprint density at radius 1 is 1.29 bits per heavy atom. The predicted octanol–water partition coefficient (Wildman–Crippen LogP) is 1.82. The summed E-state index contributed by atoms with van der Waals surface area (Å²) in [4.78, 5) is 13.0. The number of nitrogens with zero attached hydrogens (tertiary/aromatic N) is 4. The highest BCUT2D eigenvalue weighted by atomic mass is 16.3. The summed E-state index contributed by atoms with van der Waals surface area (Å²) >= 11 is 0. The standard InChI is InChI=1S/C15H17N5O/c1-9(21)15-19-13-7-11(16)3-4-14(13)20(15)8-12-5-6-17-10(2)18-12/h3-7,9,21H,8,16H2,1-2H3. The van der Waals surface area contributed by atoms with Gasteiger partial charge in [-0.15, -0.1) is 0 Å². The van der Waals surface area contributed by atoms with E-state index in [-0.39, 0.29) is 0 Å². The molecule has 0 saturated heterocycles. The Balaban J connectivity index is 2.13. The molecule has 0 radical (unpaired) electrons. The van der Waals surface area contributed by atoms with Crippen LogP contribution in [0.4, 0.5) is 5.69 Å². The first-order valence-electron chi connectivity index (χ1n) is 6.77. The average molecular weight is 283 g/mol. The molecule has 108 valence electrons. The molecule has 3 aromatic rings. The van der Waals surface area contributed by atoms with Gasteiger partial charge in [0.2, 0.25) is 0 Å². The second-order valence-electron chi connectivity index (χ2n) is 5.08. The van der Waals surface area contributed by atoms with Crippen molar-refractivity contribution in [1.82, 2.24) is 19.5 Å². The topological polar surface area (TPSA) is 89.8 Å². The average Bonchev–Trinajstić information content (AvgIpc) is 2.77. The minimum Gasteiger partial charge on any atom is -0.399 e. The van der Waals surface area contributed by atoms with Crippen molar-refractivity contribution in [2.75, 3.05) is 5.73 Å². The summed E-state index contributed by atoms with van der Waals surface area (Å²) < 4.78 is 1.96. The molecular formula is C15H17N5O. The molecule has 0 aliphatic heterocycles. The van der Waals surface area contributed by atoms with Crippen LogP contribution in [-0.2, 0) is 6.54 Å². The molecule has 0 bridgehead atoms. The van der Waals surface area contributed by atoms with Gasteiger partial charge in [0.25, 0.3) is 0 Å². The smallest absolute Gasteiger partial charge is 0.138 e. The van der Waals surface area contributed by atoms with Crippen molar-refractivity contribution in [2.45, 2.75) is 26.5 Å². The van der Waals surface area contributed by atoms with E-state index in [1.54, 1.807) is 13.1 Å². The summed E-state index contributed by atoms with van der Waals surface area (Å²) in [7, 11) is 0. The van der Waals surface area contributed by atoms with Crippen molar-refractivity contribution < 1.29 is 5.11 Å². The zero-order valence-corrected chi connectivity index (χ0v) is 12.0. The fourth-order valence-corrected chi connectivity index (χ4v) is 2.41. The lowest BCUT2D eigenvalue weighted by molar-refractivity contribution is 0.185. The maximum atomic E-state index is 9.96. The van der Waals surface area contributed by atoms with Gasteiger partial charge >= 0.3 is 0 Å². The van der Waals surface area contributed by atoms with Gasteiger partial charge in [0.15, 0.2) is 0 Å². The highest BCUT2D eigenvalue weighted by molar-refractivity contribution is 5.79. The zero-order valence-electron chi connectivity index (χ0n) is 12.0. The fraction of sp³-hybridized carbons (Fsp3) is 0.267. The van der Waals surface area contributed by atoms with Gasteiger partial charge in [-0.25, -0.2) is 15.0 Å². The first-order chi connectivity index (χ1) is 10.0. The Morgan fingerprint density at radius 3 is 2.81 bits per heavy atom. The second kappa shape index (κ2) is 5.14. The molecule has 6 heteroatoms. The lowest BCUT2D eigenvalue weighted by atomic mass is 10.2. The van der Waals surface area contributed by atoms with Crippen molar-refractivity contribution in [3.63, 3.8) is 0 Å². The Hall–Kier alpha value is -2.47. The third kappa shape index (κ3) is 2.57. The molecular weight excluding hydrogens is 266 g/mol. The third-order valence-electron chi connectivity index (χ3n) is 3.33. The van der Waals surface area contributed by atoms with Gasteiger partial charge in [0, 0.05) is 11.9 Å². The van der Waals surface area contributed by atoms with E-state index < -0.39 is 6.10 Å². The Morgan fingerprint density at radius 2 is 2.10 bits per heavy atom. The van der Waals surface area contributed by atoms with Gasteiger partial charge in [0.1, 0.15) is 17.8 Å². The van der Waals surface area contributed by atoms with Crippen LogP contribution in [0, 0.1) is 6.92 Å². The fourth-order valence-electron chi connectivity index (χ4n) is 2.41. The Labute approximate surface area is 122 Å². The molecule has 21 heavy (non-hydrogen) atoms. The molecule has 0 amide bonds. The van der Waals surface area contributed by atoms with Gasteiger partial charge < -0.3 is 15.4 Å². The molecule has 0 saturated carbocycles. The summed E-state index contributed by atoms with van der Waals surface area (Å²) in [5.41, 5.74) is 9.03. The van der Waals surface area contributed by atoms with Crippen LogP contribution in [0.25, 0.3) is 11.0 Å².